The van der Waals surface area contributed by atoms with Gasteiger partial charge >= 0.3 is 0 Å². The minimum Gasteiger partial charge on any atom is -0.258 e. The number of thiophene rings is 1. The SMILES string of the molecule is O=[N+]([O-])c1ccc(-c2n[nH]c(-c3cccs3)n2)cc1. The molecule has 0 aliphatic heterocycles. The van der Waals surface area contributed by atoms with Gasteiger partial charge in [0, 0.05) is 17.7 Å². The summed E-state index contributed by atoms with van der Waals surface area (Å²) < 4.78 is 0. The van der Waals surface area contributed by atoms with Crippen molar-refractivity contribution < 1.29 is 4.92 Å². The molecule has 94 valence electrons. The molecule has 0 spiro atoms. The maximum absolute atomic E-state index is 10.6. The van der Waals surface area contributed by atoms with Crippen molar-refractivity contribution in [3.8, 4) is 22.1 Å². The van der Waals surface area contributed by atoms with Crippen molar-refractivity contribution in [1.82, 2.24) is 15.2 Å². The third-order valence-corrected chi connectivity index (χ3v) is 3.45. The van der Waals surface area contributed by atoms with E-state index in [1.807, 2.05) is 17.5 Å². The molecule has 3 rings (SSSR count). The van der Waals surface area contributed by atoms with Gasteiger partial charge in [0.1, 0.15) is 0 Å². The summed E-state index contributed by atoms with van der Waals surface area (Å²) in [4.78, 5) is 15.5. The van der Waals surface area contributed by atoms with Gasteiger partial charge in [-0.3, -0.25) is 15.2 Å². The van der Waals surface area contributed by atoms with Crippen LogP contribution in [0.15, 0.2) is 41.8 Å². The molecule has 0 aliphatic rings. The molecule has 2 aromatic heterocycles. The topological polar surface area (TPSA) is 84.7 Å². The number of nitro groups is 1. The number of nitrogens with zero attached hydrogens (tertiary/aromatic N) is 3. The molecule has 0 saturated carbocycles. The Morgan fingerprint density at radius 2 is 2.00 bits per heavy atom. The second-order valence-electron chi connectivity index (χ2n) is 3.79. The molecule has 7 heteroatoms. The minimum atomic E-state index is -0.432. The normalized spacial score (nSPS) is 10.5. The van der Waals surface area contributed by atoms with Crippen LogP contribution in [0.2, 0.25) is 0 Å². The van der Waals surface area contributed by atoms with Crippen molar-refractivity contribution in [2.24, 2.45) is 0 Å². The highest BCUT2D eigenvalue weighted by atomic mass is 32.1. The Hall–Kier alpha value is -2.54. The summed E-state index contributed by atoms with van der Waals surface area (Å²) >= 11 is 1.57. The quantitative estimate of drug-likeness (QED) is 0.586. The van der Waals surface area contributed by atoms with E-state index in [1.165, 1.54) is 12.1 Å². The molecular weight excluding hydrogens is 264 g/mol. The first-order chi connectivity index (χ1) is 9.24. The predicted octanol–water partition coefficient (Wildman–Crippen LogP) is 3.11. The molecule has 2 heterocycles. The summed E-state index contributed by atoms with van der Waals surface area (Å²) in [5.41, 5.74) is 0.794. The monoisotopic (exact) mass is 272 g/mol. The number of hydrogen-bond acceptors (Lipinski definition) is 5. The van der Waals surface area contributed by atoms with Crippen LogP contribution in [0.1, 0.15) is 0 Å². The second-order valence-corrected chi connectivity index (χ2v) is 4.74. The molecule has 1 aromatic carbocycles. The predicted molar refractivity (Wildman–Crippen MR) is 71.8 cm³/mol. The number of nitro benzene ring substituents is 1. The number of nitrogens with one attached hydrogen (secondary N) is 1. The number of rotatable bonds is 3. The molecular formula is C12H8N4O2S. The van der Waals surface area contributed by atoms with Crippen LogP contribution in [0.4, 0.5) is 5.69 Å². The van der Waals surface area contributed by atoms with Crippen molar-refractivity contribution >= 4 is 17.0 Å². The summed E-state index contributed by atoms with van der Waals surface area (Å²) in [5.74, 6) is 1.22. The lowest BCUT2D eigenvalue weighted by Gasteiger charge is -1.94. The third kappa shape index (κ3) is 2.23. The summed E-state index contributed by atoms with van der Waals surface area (Å²) in [7, 11) is 0. The van der Waals surface area contributed by atoms with E-state index in [2.05, 4.69) is 15.2 Å². The van der Waals surface area contributed by atoms with Crippen molar-refractivity contribution in [3.05, 3.63) is 51.9 Å². The molecule has 0 bridgehead atoms. The number of non-ortho nitro benzene ring substituents is 1. The van der Waals surface area contributed by atoms with Crippen LogP contribution in [0.25, 0.3) is 22.1 Å². The standard InChI is InChI=1S/C12H8N4O2S/c17-16(18)9-5-3-8(4-6-9)11-13-12(15-14-11)10-2-1-7-19-10/h1-7H,(H,13,14,15). The molecule has 0 radical (unpaired) electrons. The number of H-pyrrole nitrogens is 1. The first-order valence-corrected chi connectivity index (χ1v) is 6.33. The van der Waals surface area contributed by atoms with Gasteiger partial charge in [0.2, 0.25) is 0 Å². The lowest BCUT2D eigenvalue weighted by Crippen LogP contribution is -1.87. The Kier molecular flexibility index (Phi) is 2.81. The number of aromatic amines is 1. The van der Waals surface area contributed by atoms with E-state index in [1.54, 1.807) is 23.5 Å². The fourth-order valence-electron chi connectivity index (χ4n) is 1.65. The number of aromatic nitrogens is 3. The Bertz CT molecular complexity index is 704. The highest BCUT2D eigenvalue weighted by Crippen LogP contribution is 2.24. The van der Waals surface area contributed by atoms with E-state index in [0.717, 1.165) is 10.4 Å². The van der Waals surface area contributed by atoms with E-state index >= 15 is 0 Å². The Balaban J connectivity index is 1.92. The maximum Gasteiger partial charge on any atom is 0.269 e. The summed E-state index contributed by atoms with van der Waals surface area (Å²) in [6.45, 7) is 0. The van der Waals surface area contributed by atoms with Gasteiger partial charge < -0.3 is 0 Å². The first-order valence-electron chi connectivity index (χ1n) is 5.45. The molecule has 0 atom stereocenters. The van der Waals surface area contributed by atoms with E-state index in [-0.39, 0.29) is 5.69 Å². The van der Waals surface area contributed by atoms with Gasteiger partial charge in [-0.1, -0.05) is 6.07 Å². The Morgan fingerprint density at radius 1 is 1.21 bits per heavy atom. The average Bonchev–Trinajstić information content (AvgIpc) is 3.10. The molecule has 0 fully saturated rings. The zero-order valence-corrected chi connectivity index (χ0v) is 10.4. The van der Waals surface area contributed by atoms with Crippen molar-refractivity contribution in [2.75, 3.05) is 0 Å². The molecule has 0 amide bonds. The van der Waals surface area contributed by atoms with Gasteiger partial charge in [0.25, 0.3) is 5.69 Å². The van der Waals surface area contributed by atoms with Crippen molar-refractivity contribution in [2.45, 2.75) is 0 Å². The van der Waals surface area contributed by atoms with Crippen molar-refractivity contribution in [1.29, 1.82) is 0 Å². The smallest absolute Gasteiger partial charge is 0.258 e. The molecule has 19 heavy (non-hydrogen) atoms. The summed E-state index contributed by atoms with van der Waals surface area (Å²) in [5, 5.41) is 19.5. The Labute approximate surface area is 111 Å². The molecule has 0 unspecified atom stereocenters. The molecule has 1 N–H and O–H groups in total. The summed E-state index contributed by atoms with van der Waals surface area (Å²) in [6.07, 6.45) is 0. The zero-order valence-electron chi connectivity index (χ0n) is 9.61. The lowest BCUT2D eigenvalue weighted by atomic mass is 10.2. The van der Waals surface area contributed by atoms with Gasteiger partial charge in [-0.05, 0) is 23.6 Å². The fourth-order valence-corrected chi connectivity index (χ4v) is 2.31. The van der Waals surface area contributed by atoms with E-state index in [4.69, 9.17) is 0 Å². The maximum atomic E-state index is 10.6. The second kappa shape index (κ2) is 4.62. The molecule has 6 nitrogen and oxygen atoms in total. The zero-order chi connectivity index (χ0) is 13.2. The van der Waals surface area contributed by atoms with Crippen LogP contribution in [0.5, 0.6) is 0 Å². The minimum absolute atomic E-state index is 0.0535. The van der Waals surface area contributed by atoms with Gasteiger partial charge in [0.15, 0.2) is 11.6 Å². The van der Waals surface area contributed by atoms with Crippen LogP contribution in [-0.2, 0) is 0 Å². The van der Waals surface area contributed by atoms with Gasteiger partial charge in [0.05, 0.1) is 9.80 Å². The van der Waals surface area contributed by atoms with Gasteiger partial charge in [-0.15, -0.1) is 11.3 Å². The average molecular weight is 272 g/mol. The van der Waals surface area contributed by atoms with Crippen LogP contribution in [0, 0.1) is 10.1 Å². The van der Waals surface area contributed by atoms with Crippen LogP contribution < -0.4 is 0 Å². The number of hydrogen-bond donors (Lipinski definition) is 1. The summed E-state index contributed by atoms with van der Waals surface area (Å²) in [6, 6.07) is 10.0. The van der Waals surface area contributed by atoms with Gasteiger partial charge in [-0.25, -0.2) is 4.98 Å². The molecule has 3 aromatic rings. The fraction of sp³-hybridized carbons (Fsp3) is 0. The van der Waals surface area contributed by atoms with E-state index in [0.29, 0.717) is 11.6 Å². The first kappa shape index (κ1) is 11.5. The van der Waals surface area contributed by atoms with E-state index in [9.17, 15) is 10.1 Å². The van der Waals surface area contributed by atoms with Crippen LogP contribution in [0.3, 0.4) is 0 Å². The number of benzene rings is 1. The van der Waals surface area contributed by atoms with Crippen LogP contribution in [-0.4, -0.2) is 20.1 Å². The highest BCUT2D eigenvalue weighted by Gasteiger charge is 2.10. The molecule has 0 saturated heterocycles. The Morgan fingerprint density at radius 3 is 2.63 bits per heavy atom. The van der Waals surface area contributed by atoms with E-state index < -0.39 is 4.92 Å². The third-order valence-electron chi connectivity index (χ3n) is 2.58. The highest BCUT2D eigenvalue weighted by molar-refractivity contribution is 7.13. The van der Waals surface area contributed by atoms with Gasteiger partial charge in [-0.2, -0.15) is 5.10 Å². The van der Waals surface area contributed by atoms with Crippen molar-refractivity contribution in [3.63, 3.8) is 0 Å². The largest absolute Gasteiger partial charge is 0.269 e. The lowest BCUT2D eigenvalue weighted by molar-refractivity contribution is -0.384. The van der Waals surface area contributed by atoms with Crippen LogP contribution >= 0.6 is 11.3 Å². The molecule has 0 aliphatic carbocycles.